The van der Waals surface area contributed by atoms with Gasteiger partial charge in [0, 0.05) is 0 Å². The summed E-state index contributed by atoms with van der Waals surface area (Å²) in [6, 6.07) is -0.619. The fourth-order valence-electron chi connectivity index (χ4n) is 4.95. The van der Waals surface area contributed by atoms with Gasteiger partial charge in [0.05, 0.1) is 24.7 Å². The van der Waals surface area contributed by atoms with Crippen LogP contribution in [0.2, 0.25) is 0 Å². The second kappa shape index (κ2) is 8.72. The molecule has 4 heterocycles. The Kier molecular flexibility index (Phi) is 6.11. The van der Waals surface area contributed by atoms with E-state index in [2.05, 4.69) is 36.1 Å². The Labute approximate surface area is 161 Å². The SMILES string of the molecule is NC(=O)N=C(N(C1CCCN1)C1CCCN1)N(C1CCCN1)C1CCCN1. The number of primary amides is 1. The Morgan fingerprint density at radius 2 is 1.04 bits per heavy atom. The highest BCUT2D eigenvalue weighted by Crippen LogP contribution is 2.26. The molecular formula is C18H34N8O. The van der Waals surface area contributed by atoms with Crippen LogP contribution in [0, 0.1) is 0 Å². The van der Waals surface area contributed by atoms with E-state index in [0.29, 0.717) is 0 Å². The number of aliphatic imine (C=N–C) groups is 1. The predicted molar refractivity (Wildman–Crippen MR) is 105 cm³/mol. The smallest absolute Gasteiger partial charge is 0.341 e. The second-order valence-corrected chi connectivity index (χ2v) is 8.01. The van der Waals surface area contributed by atoms with Crippen molar-refractivity contribution in [1.82, 2.24) is 31.1 Å². The zero-order valence-electron chi connectivity index (χ0n) is 16.1. The Morgan fingerprint density at radius 1 is 0.704 bits per heavy atom. The van der Waals surface area contributed by atoms with Crippen LogP contribution in [0.25, 0.3) is 0 Å². The molecular weight excluding hydrogens is 344 g/mol. The van der Waals surface area contributed by atoms with Crippen LogP contribution in [0.4, 0.5) is 4.79 Å². The van der Waals surface area contributed by atoms with Crippen molar-refractivity contribution in [2.24, 2.45) is 10.7 Å². The average molecular weight is 379 g/mol. The standard InChI is InChI=1S/C18H34N8O/c19-17(27)24-18(25(13-5-1-9-20-13)14-6-2-10-21-14)26(15-7-3-11-22-15)16-8-4-12-23-16/h13-16,20-23H,1-12H2,(H2,19,27). The molecule has 4 aliphatic heterocycles. The van der Waals surface area contributed by atoms with E-state index in [1.807, 2.05) is 0 Å². The van der Waals surface area contributed by atoms with E-state index in [4.69, 9.17) is 5.73 Å². The van der Waals surface area contributed by atoms with Crippen LogP contribution in [-0.2, 0) is 0 Å². The molecule has 0 radical (unpaired) electrons. The van der Waals surface area contributed by atoms with Gasteiger partial charge in [-0.3, -0.25) is 21.3 Å². The van der Waals surface area contributed by atoms with Gasteiger partial charge in [0.15, 0.2) is 0 Å². The number of urea groups is 1. The van der Waals surface area contributed by atoms with Gasteiger partial charge < -0.3 is 15.5 Å². The van der Waals surface area contributed by atoms with Gasteiger partial charge in [-0.05, 0) is 77.5 Å². The minimum absolute atomic E-state index is 0.184. The van der Waals surface area contributed by atoms with Crippen LogP contribution < -0.4 is 27.0 Å². The summed E-state index contributed by atoms with van der Waals surface area (Å²) in [5, 5.41) is 14.4. The highest BCUT2D eigenvalue weighted by Gasteiger charge is 2.41. The first-order valence-electron chi connectivity index (χ1n) is 10.6. The third-order valence-corrected chi connectivity index (χ3v) is 6.15. The largest absolute Gasteiger partial charge is 0.350 e. The molecule has 4 unspecified atom stereocenters. The van der Waals surface area contributed by atoms with Crippen LogP contribution in [-0.4, -0.2) is 72.6 Å². The fraction of sp³-hybridized carbons (Fsp3) is 0.889. The molecule has 6 N–H and O–H groups in total. The summed E-state index contributed by atoms with van der Waals surface area (Å²) in [4.78, 5) is 21.0. The van der Waals surface area contributed by atoms with Crippen molar-refractivity contribution in [3.8, 4) is 0 Å². The molecule has 0 saturated carbocycles. The molecule has 9 heteroatoms. The monoisotopic (exact) mass is 378 g/mol. The third-order valence-electron chi connectivity index (χ3n) is 6.15. The number of hydrogen-bond acceptors (Lipinski definition) is 5. The number of amides is 2. The lowest BCUT2D eigenvalue weighted by molar-refractivity contribution is 0.126. The number of nitrogens with two attached hydrogens (primary N) is 1. The van der Waals surface area contributed by atoms with E-state index in [0.717, 1.165) is 83.5 Å². The Balaban J connectivity index is 1.70. The van der Waals surface area contributed by atoms with Crippen molar-refractivity contribution < 1.29 is 4.79 Å². The maximum Gasteiger partial charge on any atom is 0.341 e. The lowest BCUT2D eigenvalue weighted by Crippen LogP contribution is -2.65. The van der Waals surface area contributed by atoms with Gasteiger partial charge in [-0.15, -0.1) is 0 Å². The van der Waals surface area contributed by atoms with Crippen molar-refractivity contribution in [2.75, 3.05) is 26.2 Å². The summed E-state index contributed by atoms with van der Waals surface area (Å²) in [6.07, 6.45) is 9.52. The van der Waals surface area contributed by atoms with Gasteiger partial charge in [-0.25, -0.2) is 4.79 Å². The van der Waals surface area contributed by atoms with Gasteiger partial charge in [0.25, 0.3) is 0 Å². The third kappa shape index (κ3) is 4.21. The van der Waals surface area contributed by atoms with Gasteiger partial charge in [-0.1, -0.05) is 0 Å². The van der Waals surface area contributed by atoms with Crippen molar-refractivity contribution in [3.63, 3.8) is 0 Å². The van der Waals surface area contributed by atoms with Gasteiger partial charge in [0.2, 0.25) is 5.96 Å². The Morgan fingerprint density at radius 3 is 1.26 bits per heavy atom. The van der Waals surface area contributed by atoms with E-state index in [-0.39, 0.29) is 24.7 Å². The van der Waals surface area contributed by atoms with Crippen molar-refractivity contribution in [1.29, 1.82) is 0 Å². The van der Waals surface area contributed by atoms with E-state index in [9.17, 15) is 4.79 Å². The molecule has 4 aliphatic rings. The first-order chi connectivity index (χ1) is 13.2. The number of carbonyl (C=O) groups excluding carboxylic acids is 1. The van der Waals surface area contributed by atoms with Crippen LogP contribution in [0.1, 0.15) is 51.4 Å². The summed E-state index contributed by atoms with van der Waals surface area (Å²) < 4.78 is 0. The molecule has 0 aromatic rings. The molecule has 2 amide bonds. The number of rotatable bonds is 4. The maximum absolute atomic E-state index is 12.0. The number of guanidine groups is 1. The number of carbonyl (C=O) groups is 1. The summed E-state index contributed by atoms with van der Waals surface area (Å²) >= 11 is 0. The van der Waals surface area contributed by atoms with Crippen molar-refractivity contribution in [2.45, 2.75) is 76.0 Å². The lowest BCUT2D eigenvalue weighted by atomic mass is 10.2. The summed E-state index contributed by atoms with van der Waals surface area (Å²) in [5.74, 6) is 0.722. The second-order valence-electron chi connectivity index (χ2n) is 8.01. The molecule has 4 fully saturated rings. The molecule has 0 bridgehead atoms. The molecule has 9 nitrogen and oxygen atoms in total. The van der Waals surface area contributed by atoms with Crippen LogP contribution in [0.15, 0.2) is 4.99 Å². The molecule has 0 aromatic carbocycles. The summed E-state index contributed by atoms with van der Waals surface area (Å²) in [5.41, 5.74) is 5.60. The quantitative estimate of drug-likeness (QED) is 0.342. The van der Waals surface area contributed by atoms with Crippen LogP contribution in [0.5, 0.6) is 0 Å². The normalized spacial score (nSPS) is 33.3. The number of nitrogens with zero attached hydrogens (tertiary/aromatic N) is 3. The minimum Gasteiger partial charge on any atom is -0.350 e. The van der Waals surface area contributed by atoms with E-state index in [1.165, 1.54) is 0 Å². The molecule has 27 heavy (non-hydrogen) atoms. The molecule has 4 atom stereocenters. The minimum atomic E-state index is -0.619. The van der Waals surface area contributed by atoms with Gasteiger partial charge >= 0.3 is 6.03 Å². The van der Waals surface area contributed by atoms with Crippen LogP contribution >= 0.6 is 0 Å². The van der Waals surface area contributed by atoms with Crippen LogP contribution in [0.3, 0.4) is 0 Å². The number of nitrogens with one attached hydrogen (secondary N) is 4. The van der Waals surface area contributed by atoms with E-state index in [1.54, 1.807) is 0 Å². The summed E-state index contributed by atoms with van der Waals surface area (Å²) in [6.45, 7) is 4.00. The summed E-state index contributed by atoms with van der Waals surface area (Å²) in [7, 11) is 0. The molecule has 152 valence electrons. The first kappa shape index (κ1) is 18.9. The first-order valence-corrected chi connectivity index (χ1v) is 10.6. The lowest BCUT2D eigenvalue weighted by Gasteiger charge is -2.45. The van der Waals surface area contributed by atoms with Crippen molar-refractivity contribution >= 4 is 12.0 Å². The highest BCUT2D eigenvalue weighted by molar-refractivity contribution is 5.92. The predicted octanol–water partition coefficient (Wildman–Crippen LogP) is -0.137. The van der Waals surface area contributed by atoms with Crippen molar-refractivity contribution in [3.05, 3.63) is 0 Å². The van der Waals surface area contributed by atoms with Gasteiger partial charge in [0.1, 0.15) is 0 Å². The van der Waals surface area contributed by atoms with E-state index < -0.39 is 6.03 Å². The maximum atomic E-state index is 12.0. The zero-order chi connectivity index (χ0) is 18.6. The molecule has 4 rings (SSSR count). The average Bonchev–Trinajstić information content (AvgIpc) is 3.44. The zero-order valence-corrected chi connectivity index (χ0v) is 16.1. The fourth-order valence-corrected chi connectivity index (χ4v) is 4.95. The molecule has 0 spiro atoms. The molecule has 0 aromatic heterocycles. The highest BCUT2D eigenvalue weighted by atomic mass is 16.2. The Bertz CT molecular complexity index is 461. The molecule has 0 aliphatic carbocycles. The Hall–Kier alpha value is -1.42. The van der Waals surface area contributed by atoms with Gasteiger partial charge in [-0.2, -0.15) is 4.99 Å². The number of hydrogen-bond donors (Lipinski definition) is 5. The molecule has 4 saturated heterocycles. The van der Waals surface area contributed by atoms with E-state index >= 15 is 0 Å². The topological polar surface area (TPSA) is 110 Å².